The number of likely N-dealkylation sites (tertiary alicyclic amines) is 1. The summed E-state index contributed by atoms with van der Waals surface area (Å²) in [6.45, 7) is 1.62. The molecule has 2 rings (SSSR count). The maximum Gasteiger partial charge on any atom is 0.257 e. The van der Waals surface area contributed by atoms with Crippen LogP contribution in [0.3, 0.4) is 0 Å². The van der Waals surface area contributed by atoms with Gasteiger partial charge in [-0.2, -0.15) is 0 Å². The third kappa shape index (κ3) is 3.22. The van der Waals surface area contributed by atoms with Gasteiger partial charge in [0.2, 0.25) is 0 Å². The first kappa shape index (κ1) is 14.7. The lowest BCUT2D eigenvalue weighted by Crippen LogP contribution is -2.40. The van der Waals surface area contributed by atoms with Crippen molar-refractivity contribution in [2.24, 2.45) is 5.92 Å². The Bertz CT molecular complexity index is 474. The quantitative estimate of drug-likeness (QED) is 0.819. The summed E-state index contributed by atoms with van der Waals surface area (Å²) < 4.78 is 5.24. The number of nitrogens with two attached hydrogens (primary N) is 1. The van der Waals surface area contributed by atoms with Crippen LogP contribution in [0.5, 0.6) is 5.75 Å². The molecule has 1 saturated heterocycles. The molecule has 1 unspecified atom stereocenters. The van der Waals surface area contributed by atoms with Gasteiger partial charge in [-0.25, -0.2) is 0 Å². The van der Waals surface area contributed by atoms with Gasteiger partial charge in [0, 0.05) is 25.4 Å². The number of piperidine rings is 1. The van der Waals surface area contributed by atoms with Gasteiger partial charge in [-0.15, -0.1) is 0 Å². The van der Waals surface area contributed by atoms with Crippen LogP contribution in [-0.4, -0.2) is 42.7 Å². The van der Waals surface area contributed by atoms with Crippen molar-refractivity contribution in [1.82, 2.24) is 4.90 Å². The zero-order valence-corrected chi connectivity index (χ0v) is 11.8. The minimum atomic E-state index is -0.0446. The number of nitrogens with zero attached hydrogens (tertiary/aromatic N) is 1. The van der Waals surface area contributed by atoms with Crippen molar-refractivity contribution in [3.8, 4) is 5.75 Å². The van der Waals surface area contributed by atoms with Gasteiger partial charge in [0.25, 0.3) is 5.91 Å². The molecule has 3 N–H and O–H groups in total. The Hall–Kier alpha value is -1.75. The van der Waals surface area contributed by atoms with Crippen molar-refractivity contribution in [2.45, 2.75) is 19.3 Å². The molecule has 110 valence electrons. The van der Waals surface area contributed by atoms with Gasteiger partial charge in [0.15, 0.2) is 0 Å². The molecule has 0 spiro atoms. The Labute approximate surface area is 119 Å². The van der Waals surface area contributed by atoms with Crippen LogP contribution >= 0.6 is 0 Å². The largest absolute Gasteiger partial charge is 0.496 e. The van der Waals surface area contributed by atoms with E-state index in [1.807, 2.05) is 4.90 Å². The van der Waals surface area contributed by atoms with E-state index < -0.39 is 0 Å². The number of benzene rings is 1. The fraction of sp³-hybridized carbons (Fsp3) is 0.533. The van der Waals surface area contributed by atoms with Crippen LogP contribution in [0.15, 0.2) is 18.2 Å². The van der Waals surface area contributed by atoms with E-state index >= 15 is 0 Å². The van der Waals surface area contributed by atoms with Gasteiger partial charge in [0.05, 0.1) is 12.7 Å². The summed E-state index contributed by atoms with van der Waals surface area (Å²) in [6.07, 6.45) is 2.79. The number of anilines is 1. The van der Waals surface area contributed by atoms with Gasteiger partial charge in [-0.3, -0.25) is 4.79 Å². The molecular weight excluding hydrogens is 256 g/mol. The van der Waals surface area contributed by atoms with Gasteiger partial charge >= 0.3 is 0 Å². The first-order valence-corrected chi connectivity index (χ1v) is 6.99. The lowest BCUT2D eigenvalue weighted by Gasteiger charge is -2.33. The number of nitrogen functional groups attached to an aromatic ring is 1. The molecule has 1 aliphatic heterocycles. The van der Waals surface area contributed by atoms with E-state index in [-0.39, 0.29) is 12.5 Å². The van der Waals surface area contributed by atoms with Crippen molar-refractivity contribution < 1.29 is 14.6 Å². The molecule has 5 nitrogen and oxygen atoms in total. The lowest BCUT2D eigenvalue weighted by atomic mass is 9.94. The fourth-order valence-electron chi connectivity index (χ4n) is 2.73. The number of carbonyl (C=O) groups is 1. The molecule has 1 aromatic carbocycles. The van der Waals surface area contributed by atoms with Crippen LogP contribution < -0.4 is 10.5 Å². The molecule has 1 atom stereocenters. The van der Waals surface area contributed by atoms with E-state index in [9.17, 15) is 4.79 Å². The Balaban J connectivity index is 2.16. The molecule has 0 aromatic heterocycles. The number of aliphatic hydroxyl groups is 1. The van der Waals surface area contributed by atoms with Crippen LogP contribution in [0.25, 0.3) is 0 Å². The number of ether oxygens (including phenoxy) is 1. The van der Waals surface area contributed by atoms with E-state index in [2.05, 4.69) is 0 Å². The molecule has 1 aromatic rings. The highest BCUT2D eigenvalue weighted by Crippen LogP contribution is 2.26. The first-order chi connectivity index (χ1) is 9.65. The number of hydrogen-bond donors (Lipinski definition) is 2. The van der Waals surface area contributed by atoms with Gasteiger partial charge < -0.3 is 20.5 Å². The number of hydrogen-bond acceptors (Lipinski definition) is 4. The zero-order valence-electron chi connectivity index (χ0n) is 11.8. The lowest BCUT2D eigenvalue weighted by molar-refractivity contribution is 0.0650. The number of methoxy groups -OCH3 is 1. The molecule has 1 heterocycles. The van der Waals surface area contributed by atoms with Crippen molar-refractivity contribution in [1.29, 1.82) is 0 Å². The number of carbonyl (C=O) groups excluding carboxylic acids is 1. The highest BCUT2D eigenvalue weighted by atomic mass is 16.5. The molecule has 0 saturated carbocycles. The van der Waals surface area contributed by atoms with E-state index in [0.29, 0.717) is 29.5 Å². The highest BCUT2D eigenvalue weighted by molar-refractivity contribution is 5.97. The number of rotatable bonds is 4. The van der Waals surface area contributed by atoms with E-state index in [0.717, 1.165) is 25.8 Å². The summed E-state index contributed by atoms with van der Waals surface area (Å²) in [7, 11) is 1.55. The van der Waals surface area contributed by atoms with Gasteiger partial charge in [0.1, 0.15) is 5.75 Å². The predicted molar refractivity (Wildman–Crippen MR) is 77.7 cm³/mol. The molecule has 0 bridgehead atoms. The van der Waals surface area contributed by atoms with Crippen molar-refractivity contribution in [3.05, 3.63) is 23.8 Å². The van der Waals surface area contributed by atoms with Crippen LogP contribution in [0, 0.1) is 5.92 Å². The molecule has 5 heteroatoms. The molecule has 1 aliphatic rings. The average Bonchev–Trinajstić information content (AvgIpc) is 2.47. The van der Waals surface area contributed by atoms with Crippen molar-refractivity contribution in [2.75, 3.05) is 32.5 Å². The summed E-state index contributed by atoms with van der Waals surface area (Å²) in [6, 6.07) is 5.11. The summed E-state index contributed by atoms with van der Waals surface area (Å²) in [5.41, 5.74) is 6.83. The Morgan fingerprint density at radius 3 is 3.05 bits per heavy atom. The Kier molecular flexibility index (Phi) is 4.84. The first-order valence-electron chi connectivity index (χ1n) is 6.99. The molecule has 0 radical (unpaired) electrons. The van der Waals surface area contributed by atoms with Crippen LogP contribution in [-0.2, 0) is 0 Å². The summed E-state index contributed by atoms with van der Waals surface area (Å²) in [5, 5.41) is 9.04. The molecule has 1 fully saturated rings. The predicted octanol–water partition coefficient (Wildman–Crippen LogP) is 1.51. The normalized spacial score (nSPS) is 18.9. The van der Waals surface area contributed by atoms with E-state index in [1.165, 1.54) is 0 Å². The molecular formula is C15H22N2O3. The minimum absolute atomic E-state index is 0.0446. The second kappa shape index (κ2) is 6.61. The maximum absolute atomic E-state index is 12.6. The maximum atomic E-state index is 12.6. The molecule has 1 amide bonds. The average molecular weight is 278 g/mol. The third-order valence-corrected chi connectivity index (χ3v) is 3.80. The zero-order chi connectivity index (χ0) is 14.5. The van der Waals surface area contributed by atoms with E-state index in [4.69, 9.17) is 15.6 Å². The summed E-state index contributed by atoms with van der Waals surface area (Å²) in [5.74, 6) is 0.884. The van der Waals surface area contributed by atoms with Crippen LogP contribution in [0.1, 0.15) is 29.6 Å². The Morgan fingerprint density at radius 1 is 1.55 bits per heavy atom. The monoisotopic (exact) mass is 278 g/mol. The van der Waals surface area contributed by atoms with Crippen molar-refractivity contribution >= 4 is 11.6 Å². The van der Waals surface area contributed by atoms with Crippen LogP contribution in [0.2, 0.25) is 0 Å². The summed E-state index contributed by atoms with van der Waals surface area (Å²) in [4.78, 5) is 14.4. The number of amides is 1. The number of aliphatic hydroxyl groups excluding tert-OH is 1. The minimum Gasteiger partial charge on any atom is -0.496 e. The standard InChI is InChI=1S/C15H22N2O3/c1-20-14-5-4-12(16)9-13(14)15(19)17-7-2-3-11(10-17)6-8-18/h4-5,9,11,18H,2-3,6-8,10,16H2,1H3. The third-order valence-electron chi connectivity index (χ3n) is 3.80. The smallest absolute Gasteiger partial charge is 0.257 e. The Morgan fingerprint density at radius 2 is 2.35 bits per heavy atom. The van der Waals surface area contributed by atoms with Crippen molar-refractivity contribution in [3.63, 3.8) is 0 Å². The second-order valence-electron chi connectivity index (χ2n) is 5.23. The van der Waals surface area contributed by atoms with E-state index in [1.54, 1.807) is 25.3 Å². The second-order valence-corrected chi connectivity index (χ2v) is 5.23. The van der Waals surface area contributed by atoms with Crippen LogP contribution in [0.4, 0.5) is 5.69 Å². The SMILES string of the molecule is COc1ccc(N)cc1C(=O)N1CCCC(CCO)C1. The molecule has 0 aliphatic carbocycles. The fourth-order valence-corrected chi connectivity index (χ4v) is 2.73. The van der Waals surface area contributed by atoms with Gasteiger partial charge in [-0.1, -0.05) is 0 Å². The molecule has 20 heavy (non-hydrogen) atoms. The highest BCUT2D eigenvalue weighted by Gasteiger charge is 2.26. The summed E-state index contributed by atoms with van der Waals surface area (Å²) >= 11 is 0. The topological polar surface area (TPSA) is 75.8 Å². The van der Waals surface area contributed by atoms with Gasteiger partial charge in [-0.05, 0) is 43.4 Å².